The average Bonchev–Trinajstić information content (AvgIpc) is 2.74. The van der Waals surface area contributed by atoms with Gasteiger partial charge in [-0.05, 0) is 0 Å². The first-order chi connectivity index (χ1) is 8.57. The largest absolute Gasteiger partial charge is 0.376 e. The van der Waals surface area contributed by atoms with Crippen LogP contribution >= 0.6 is 0 Å². The van der Waals surface area contributed by atoms with Gasteiger partial charge in [0.15, 0.2) is 6.29 Å². The minimum atomic E-state index is -1.17. The molecule has 0 saturated carbocycles. The molecule has 100 valence electrons. The summed E-state index contributed by atoms with van der Waals surface area (Å²) in [7, 11) is 2.98. The molecule has 2 saturated heterocycles. The molecule has 0 aromatic carbocycles. The molecule has 7 heteroatoms. The van der Waals surface area contributed by atoms with Gasteiger partial charge in [0.25, 0.3) is 0 Å². The second-order valence-electron chi connectivity index (χ2n) is 4.38. The molecule has 0 aromatic rings. The number of methoxy groups -OCH3 is 2. The predicted octanol–water partition coefficient (Wildman–Crippen LogP) is -0.830. The number of rotatable bonds is 3. The number of carbonyl (C=O) groups excluding carboxylic acids is 1. The molecular weight excluding hydrogens is 240 g/mol. The van der Waals surface area contributed by atoms with Crippen molar-refractivity contribution in [1.29, 1.82) is 5.26 Å². The Hall–Kier alpha value is -1.20. The van der Waals surface area contributed by atoms with E-state index in [9.17, 15) is 10.1 Å². The zero-order chi connectivity index (χ0) is 13.3. The highest BCUT2D eigenvalue weighted by molar-refractivity contribution is 5.73. The van der Waals surface area contributed by atoms with Gasteiger partial charge in [0, 0.05) is 21.1 Å². The van der Waals surface area contributed by atoms with Crippen LogP contribution in [0.1, 0.15) is 6.92 Å². The lowest BCUT2D eigenvalue weighted by molar-refractivity contribution is -0.220. The van der Waals surface area contributed by atoms with Crippen molar-refractivity contribution < 1.29 is 23.7 Å². The van der Waals surface area contributed by atoms with Crippen molar-refractivity contribution in [2.45, 2.75) is 37.1 Å². The molecule has 0 spiro atoms. The van der Waals surface area contributed by atoms with Crippen molar-refractivity contribution in [2.75, 3.05) is 20.8 Å². The van der Waals surface area contributed by atoms with E-state index in [2.05, 4.69) is 11.4 Å². The van der Waals surface area contributed by atoms with E-state index >= 15 is 0 Å². The van der Waals surface area contributed by atoms with Crippen LogP contribution in [0.5, 0.6) is 0 Å². The minimum Gasteiger partial charge on any atom is -0.376 e. The molecule has 18 heavy (non-hydrogen) atoms. The van der Waals surface area contributed by atoms with Gasteiger partial charge in [0.1, 0.15) is 24.3 Å². The van der Waals surface area contributed by atoms with Crippen LogP contribution in [-0.2, 0) is 23.7 Å². The van der Waals surface area contributed by atoms with Gasteiger partial charge in [-0.3, -0.25) is 4.79 Å². The third-order valence-electron chi connectivity index (χ3n) is 3.28. The molecule has 0 unspecified atom stereocenters. The summed E-state index contributed by atoms with van der Waals surface area (Å²) in [4.78, 5) is 11.2. The van der Waals surface area contributed by atoms with Gasteiger partial charge in [-0.15, -0.1) is 0 Å². The molecular formula is C11H16N2O5. The van der Waals surface area contributed by atoms with Crippen molar-refractivity contribution in [3.63, 3.8) is 0 Å². The summed E-state index contributed by atoms with van der Waals surface area (Å²) < 4.78 is 21.7. The molecule has 1 amide bonds. The molecule has 7 nitrogen and oxygen atoms in total. The Bertz CT molecular complexity index is 382. The number of ether oxygens (including phenoxy) is 4. The predicted molar refractivity (Wildman–Crippen MR) is 58.4 cm³/mol. The molecule has 5 atom stereocenters. The van der Waals surface area contributed by atoms with Gasteiger partial charge in [-0.1, -0.05) is 0 Å². The number of nitriles is 1. The second kappa shape index (κ2) is 4.82. The van der Waals surface area contributed by atoms with Gasteiger partial charge in [0.2, 0.25) is 11.5 Å². The van der Waals surface area contributed by atoms with Gasteiger partial charge >= 0.3 is 0 Å². The lowest BCUT2D eigenvalue weighted by Crippen LogP contribution is -2.65. The summed E-state index contributed by atoms with van der Waals surface area (Å²) in [5.41, 5.74) is -1.17. The molecule has 1 N–H and O–H groups in total. The van der Waals surface area contributed by atoms with Crippen LogP contribution in [0, 0.1) is 11.3 Å². The highest BCUT2D eigenvalue weighted by Gasteiger charge is 2.61. The van der Waals surface area contributed by atoms with Crippen molar-refractivity contribution >= 4 is 5.91 Å². The quantitative estimate of drug-likeness (QED) is 0.709. The monoisotopic (exact) mass is 256 g/mol. The third kappa shape index (κ3) is 1.87. The van der Waals surface area contributed by atoms with Crippen LogP contribution in [0.15, 0.2) is 0 Å². The maximum Gasteiger partial charge on any atom is 0.217 e. The van der Waals surface area contributed by atoms with Crippen molar-refractivity contribution in [1.82, 2.24) is 5.32 Å². The zero-order valence-corrected chi connectivity index (χ0v) is 10.5. The Morgan fingerprint density at radius 3 is 2.72 bits per heavy atom. The number of nitrogens with zero attached hydrogens (tertiary/aromatic N) is 1. The van der Waals surface area contributed by atoms with E-state index in [-0.39, 0.29) is 12.5 Å². The molecule has 2 bridgehead atoms. The summed E-state index contributed by atoms with van der Waals surface area (Å²) >= 11 is 0. The first kappa shape index (κ1) is 13.2. The maximum atomic E-state index is 11.2. The fourth-order valence-corrected chi connectivity index (χ4v) is 2.52. The standard InChI is InChI=1S/C11H16N2O5/c1-6(14)13-7-8(15-2)9(16-3)11(4-12)5-17-10(7)18-11/h7-10H,5H2,1-3H3,(H,13,14)/t7-,8-,9-,10+,11+/m1/s1. The second-order valence-corrected chi connectivity index (χ2v) is 4.38. The number of hydrogen-bond acceptors (Lipinski definition) is 6. The summed E-state index contributed by atoms with van der Waals surface area (Å²) in [5, 5.41) is 12.0. The SMILES string of the molecule is CO[C@@H]1[C@@H](NC(C)=O)[C@H]2OC[C@](C#N)(O2)[C@@H]1OC. The first-order valence-corrected chi connectivity index (χ1v) is 5.61. The van der Waals surface area contributed by atoms with E-state index < -0.39 is 30.1 Å². The molecule has 2 fully saturated rings. The minimum absolute atomic E-state index is 0.0998. The summed E-state index contributed by atoms with van der Waals surface area (Å²) in [5.74, 6) is -0.222. The lowest BCUT2D eigenvalue weighted by atomic mass is 9.88. The normalized spacial score (nSPS) is 42.3. The van der Waals surface area contributed by atoms with Crippen LogP contribution in [0.4, 0.5) is 0 Å². The van der Waals surface area contributed by atoms with Gasteiger partial charge in [-0.2, -0.15) is 5.26 Å². The zero-order valence-electron chi connectivity index (χ0n) is 10.5. The molecule has 0 aromatic heterocycles. The van der Waals surface area contributed by atoms with E-state index in [1.807, 2.05) is 0 Å². The van der Waals surface area contributed by atoms with Crippen molar-refractivity contribution in [2.24, 2.45) is 0 Å². The third-order valence-corrected chi connectivity index (χ3v) is 3.28. The molecule has 2 aliphatic heterocycles. The smallest absolute Gasteiger partial charge is 0.217 e. The molecule has 2 heterocycles. The Labute approximate surface area is 105 Å². The number of carbonyl (C=O) groups is 1. The van der Waals surface area contributed by atoms with Crippen molar-refractivity contribution in [3.8, 4) is 6.07 Å². The van der Waals surface area contributed by atoms with Crippen LogP contribution in [0.25, 0.3) is 0 Å². The average molecular weight is 256 g/mol. The van der Waals surface area contributed by atoms with Crippen LogP contribution in [-0.4, -0.2) is 56.9 Å². The van der Waals surface area contributed by atoms with Gasteiger partial charge in [0.05, 0.1) is 6.61 Å². The number of nitrogens with one attached hydrogen (secondary N) is 1. The summed E-state index contributed by atoms with van der Waals surface area (Å²) in [6.45, 7) is 1.50. The van der Waals surface area contributed by atoms with Crippen molar-refractivity contribution in [3.05, 3.63) is 0 Å². The highest BCUT2D eigenvalue weighted by Crippen LogP contribution is 2.38. The van der Waals surface area contributed by atoms with E-state index in [0.29, 0.717) is 0 Å². The lowest BCUT2D eigenvalue weighted by Gasteiger charge is -2.42. The summed E-state index contributed by atoms with van der Waals surface area (Å²) in [6.07, 6.45) is -1.81. The van der Waals surface area contributed by atoms with Crippen LogP contribution in [0.2, 0.25) is 0 Å². The molecule has 2 aliphatic rings. The Kier molecular flexibility index (Phi) is 3.54. The van der Waals surface area contributed by atoms with Crippen LogP contribution < -0.4 is 5.32 Å². The molecule has 0 radical (unpaired) electrons. The highest BCUT2D eigenvalue weighted by atomic mass is 16.7. The Morgan fingerprint density at radius 2 is 2.22 bits per heavy atom. The van der Waals surface area contributed by atoms with Crippen LogP contribution in [0.3, 0.4) is 0 Å². The number of fused-ring (bicyclic) bond motifs is 2. The Balaban J connectivity index is 2.31. The first-order valence-electron chi connectivity index (χ1n) is 5.61. The fraction of sp³-hybridized carbons (Fsp3) is 0.818. The number of amides is 1. The van der Waals surface area contributed by atoms with Gasteiger partial charge < -0.3 is 24.3 Å². The Morgan fingerprint density at radius 1 is 1.50 bits per heavy atom. The maximum absolute atomic E-state index is 11.2. The van der Waals surface area contributed by atoms with E-state index in [1.54, 1.807) is 0 Å². The fourth-order valence-electron chi connectivity index (χ4n) is 2.52. The topological polar surface area (TPSA) is 89.8 Å². The number of hydrogen-bond donors (Lipinski definition) is 1. The van der Waals surface area contributed by atoms with Gasteiger partial charge in [-0.25, -0.2) is 0 Å². The molecule has 0 aliphatic carbocycles. The van der Waals surface area contributed by atoms with E-state index in [4.69, 9.17) is 18.9 Å². The van der Waals surface area contributed by atoms with E-state index in [1.165, 1.54) is 21.1 Å². The van der Waals surface area contributed by atoms with E-state index in [0.717, 1.165) is 0 Å². The molecule has 2 rings (SSSR count). The summed E-state index contributed by atoms with van der Waals surface area (Å²) in [6, 6.07) is 1.58.